The van der Waals surface area contributed by atoms with E-state index >= 15 is 0 Å². The van der Waals surface area contributed by atoms with Crippen molar-refractivity contribution in [3.05, 3.63) is 53.2 Å². The number of aromatic nitrogens is 1. The van der Waals surface area contributed by atoms with Gasteiger partial charge in [0.05, 0.1) is 12.2 Å². The molecule has 100 valence electrons. The summed E-state index contributed by atoms with van der Waals surface area (Å²) in [5.41, 5.74) is 1.21. The Morgan fingerprint density at radius 2 is 2.30 bits per heavy atom. The molecule has 0 aromatic carbocycles. The molecular weight excluding hydrogens is 256 g/mol. The number of carbonyl (C=O) groups is 1. The van der Waals surface area contributed by atoms with Crippen LogP contribution in [0.25, 0.3) is 12.2 Å². The minimum Gasteiger partial charge on any atom is -0.460 e. The van der Waals surface area contributed by atoms with Crippen molar-refractivity contribution >= 4 is 18.1 Å². The lowest BCUT2D eigenvalue weighted by atomic mass is 10.1. The van der Waals surface area contributed by atoms with E-state index in [2.05, 4.69) is 11.1 Å². The molecule has 2 aromatic rings. The van der Waals surface area contributed by atoms with Crippen molar-refractivity contribution in [2.24, 2.45) is 0 Å². The Balaban J connectivity index is 2.16. The van der Waals surface area contributed by atoms with E-state index in [9.17, 15) is 4.79 Å². The van der Waals surface area contributed by atoms with Gasteiger partial charge in [-0.3, -0.25) is 4.98 Å². The van der Waals surface area contributed by atoms with Crippen molar-refractivity contribution in [1.82, 2.24) is 4.98 Å². The number of esters is 1. The van der Waals surface area contributed by atoms with Gasteiger partial charge in [0.1, 0.15) is 11.8 Å². The maximum Gasteiger partial charge on any atom is 0.374 e. The van der Waals surface area contributed by atoms with Crippen molar-refractivity contribution in [2.45, 2.75) is 6.92 Å². The third-order valence-electron chi connectivity index (χ3n) is 2.51. The molecule has 0 bridgehead atoms. The quantitative estimate of drug-likeness (QED) is 0.797. The molecule has 20 heavy (non-hydrogen) atoms. The SMILES string of the molecule is CCOC(=O)c1ccc(C=Cc2ccncc2C#N)o1. The van der Waals surface area contributed by atoms with Crippen molar-refractivity contribution in [3.8, 4) is 6.07 Å². The van der Waals surface area contributed by atoms with Crippen LogP contribution in [0.2, 0.25) is 0 Å². The Labute approximate surface area is 116 Å². The number of hydrogen-bond acceptors (Lipinski definition) is 5. The Kier molecular flexibility index (Phi) is 4.30. The highest BCUT2D eigenvalue weighted by Gasteiger charge is 2.10. The number of ether oxygens (including phenoxy) is 1. The Bertz CT molecular complexity index is 680. The van der Waals surface area contributed by atoms with Gasteiger partial charge in [0.25, 0.3) is 0 Å². The van der Waals surface area contributed by atoms with E-state index in [1.165, 1.54) is 6.20 Å². The van der Waals surface area contributed by atoms with Crippen LogP contribution in [0.1, 0.15) is 34.4 Å². The Morgan fingerprint density at radius 1 is 1.45 bits per heavy atom. The number of furan rings is 1. The summed E-state index contributed by atoms with van der Waals surface area (Å²) < 4.78 is 10.2. The molecule has 0 aliphatic heterocycles. The van der Waals surface area contributed by atoms with Crippen LogP contribution in [0.15, 0.2) is 35.0 Å². The second-order valence-corrected chi connectivity index (χ2v) is 3.83. The second-order valence-electron chi connectivity index (χ2n) is 3.83. The fourth-order valence-electron chi connectivity index (χ4n) is 1.57. The zero-order chi connectivity index (χ0) is 14.4. The molecule has 0 saturated carbocycles. The average molecular weight is 268 g/mol. The zero-order valence-corrected chi connectivity index (χ0v) is 10.9. The van der Waals surface area contributed by atoms with E-state index in [1.54, 1.807) is 43.5 Å². The largest absolute Gasteiger partial charge is 0.460 e. The lowest BCUT2D eigenvalue weighted by Crippen LogP contribution is -2.02. The van der Waals surface area contributed by atoms with Gasteiger partial charge in [-0.05, 0) is 42.8 Å². The average Bonchev–Trinajstić information content (AvgIpc) is 2.94. The number of nitriles is 1. The first-order valence-electron chi connectivity index (χ1n) is 6.03. The van der Waals surface area contributed by atoms with Crippen LogP contribution in [0, 0.1) is 11.3 Å². The van der Waals surface area contributed by atoms with Crippen LogP contribution >= 0.6 is 0 Å². The predicted octanol–water partition coefficient (Wildman–Crippen LogP) is 2.89. The highest BCUT2D eigenvalue weighted by Crippen LogP contribution is 2.14. The number of rotatable bonds is 4. The van der Waals surface area contributed by atoms with Gasteiger partial charge >= 0.3 is 5.97 Å². The topological polar surface area (TPSA) is 76.1 Å². The van der Waals surface area contributed by atoms with E-state index in [4.69, 9.17) is 14.4 Å². The lowest BCUT2D eigenvalue weighted by Gasteiger charge is -1.96. The Morgan fingerprint density at radius 3 is 3.05 bits per heavy atom. The number of pyridine rings is 1. The molecule has 0 fully saturated rings. The molecule has 0 aliphatic rings. The van der Waals surface area contributed by atoms with Gasteiger partial charge in [0.15, 0.2) is 0 Å². The number of nitrogens with zero attached hydrogens (tertiary/aromatic N) is 2. The minimum atomic E-state index is -0.492. The van der Waals surface area contributed by atoms with Crippen LogP contribution in [-0.4, -0.2) is 17.6 Å². The van der Waals surface area contributed by atoms with Crippen LogP contribution in [0.3, 0.4) is 0 Å². The summed E-state index contributed by atoms with van der Waals surface area (Å²) in [4.78, 5) is 15.3. The van der Waals surface area contributed by atoms with Crippen LogP contribution in [0.4, 0.5) is 0 Å². The fourth-order valence-corrected chi connectivity index (χ4v) is 1.57. The maximum absolute atomic E-state index is 11.4. The molecule has 0 unspecified atom stereocenters. The van der Waals surface area contributed by atoms with Crippen molar-refractivity contribution in [1.29, 1.82) is 5.26 Å². The molecule has 0 saturated heterocycles. The summed E-state index contributed by atoms with van der Waals surface area (Å²) in [5.74, 6) is 0.171. The monoisotopic (exact) mass is 268 g/mol. The van der Waals surface area contributed by atoms with Gasteiger partial charge in [-0.1, -0.05) is 0 Å². The third-order valence-corrected chi connectivity index (χ3v) is 2.51. The molecule has 2 rings (SSSR count). The molecule has 2 aromatic heterocycles. The Hall–Kier alpha value is -2.87. The normalized spacial score (nSPS) is 10.4. The van der Waals surface area contributed by atoms with Gasteiger partial charge < -0.3 is 9.15 Å². The third kappa shape index (κ3) is 3.12. The maximum atomic E-state index is 11.4. The second kappa shape index (κ2) is 6.34. The standard InChI is InChI=1S/C15H12N2O3/c1-2-19-15(18)14-6-5-13(20-14)4-3-11-7-8-17-10-12(11)9-16/h3-8,10H,2H2,1H3. The molecule has 5 nitrogen and oxygen atoms in total. The van der Waals surface area contributed by atoms with Crippen LogP contribution in [-0.2, 0) is 4.74 Å². The van der Waals surface area contributed by atoms with Gasteiger partial charge in [-0.15, -0.1) is 0 Å². The minimum absolute atomic E-state index is 0.154. The fraction of sp³-hybridized carbons (Fsp3) is 0.133. The molecule has 2 heterocycles. The summed E-state index contributed by atoms with van der Waals surface area (Å²) in [7, 11) is 0. The summed E-state index contributed by atoms with van der Waals surface area (Å²) in [6, 6.07) is 6.99. The molecule has 0 amide bonds. The number of hydrogen-bond donors (Lipinski definition) is 0. The van der Waals surface area contributed by atoms with Crippen molar-refractivity contribution < 1.29 is 13.9 Å². The molecule has 5 heteroatoms. The van der Waals surface area contributed by atoms with Crippen LogP contribution < -0.4 is 0 Å². The van der Waals surface area contributed by atoms with Crippen LogP contribution in [0.5, 0.6) is 0 Å². The van der Waals surface area contributed by atoms with Crippen molar-refractivity contribution in [3.63, 3.8) is 0 Å². The lowest BCUT2D eigenvalue weighted by molar-refractivity contribution is 0.0489. The molecule has 0 atom stereocenters. The summed E-state index contributed by atoms with van der Waals surface area (Å²) >= 11 is 0. The van der Waals surface area contributed by atoms with E-state index < -0.39 is 5.97 Å². The molecule has 0 N–H and O–H groups in total. The first kappa shape index (κ1) is 13.6. The van der Waals surface area contributed by atoms with Gasteiger partial charge in [-0.2, -0.15) is 5.26 Å². The van der Waals surface area contributed by atoms with Gasteiger partial charge in [-0.25, -0.2) is 4.79 Å². The molecule has 0 spiro atoms. The van der Waals surface area contributed by atoms with E-state index in [0.29, 0.717) is 17.9 Å². The zero-order valence-electron chi connectivity index (χ0n) is 10.9. The summed E-state index contributed by atoms with van der Waals surface area (Å²) in [5, 5.41) is 8.94. The smallest absolute Gasteiger partial charge is 0.374 e. The molecule has 0 aliphatic carbocycles. The molecule has 0 radical (unpaired) electrons. The van der Waals surface area contributed by atoms with E-state index in [1.807, 2.05) is 0 Å². The highest BCUT2D eigenvalue weighted by molar-refractivity contribution is 5.86. The van der Waals surface area contributed by atoms with Gasteiger partial charge in [0.2, 0.25) is 5.76 Å². The predicted molar refractivity (Wildman–Crippen MR) is 72.5 cm³/mol. The summed E-state index contributed by atoms with van der Waals surface area (Å²) in [6.07, 6.45) is 6.51. The first-order chi connectivity index (χ1) is 9.74. The highest BCUT2D eigenvalue weighted by atomic mass is 16.5. The van der Waals surface area contributed by atoms with E-state index in [-0.39, 0.29) is 5.76 Å². The van der Waals surface area contributed by atoms with Gasteiger partial charge in [0, 0.05) is 12.4 Å². The van der Waals surface area contributed by atoms with E-state index in [0.717, 1.165) is 5.56 Å². The number of carbonyl (C=O) groups excluding carboxylic acids is 1. The molecular formula is C15H12N2O3. The first-order valence-corrected chi connectivity index (χ1v) is 6.03. The van der Waals surface area contributed by atoms with Crippen molar-refractivity contribution in [2.75, 3.05) is 6.61 Å². The summed E-state index contributed by atoms with van der Waals surface area (Å²) in [6.45, 7) is 2.03.